The zero-order chi connectivity index (χ0) is 15.9. The number of hydrogen-bond acceptors (Lipinski definition) is 6. The third kappa shape index (κ3) is 4.12. The van der Waals surface area contributed by atoms with E-state index in [2.05, 4.69) is 9.72 Å². The second-order valence-electron chi connectivity index (χ2n) is 4.41. The maximum atomic E-state index is 11.9. The lowest BCUT2D eigenvalue weighted by Crippen LogP contribution is -2.22. The molecular weight excluding hydrogens is 304 g/mol. The van der Waals surface area contributed by atoms with Gasteiger partial charge in [-0.3, -0.25) is 9.69 Å². The van der Waals surface area contributed by atoms with Crippen molar-refractivity contribution in [3.63, 3.8) is 0 Å². The van der Waals surface area contributed by atoms with E-state index in [9.17, 15) is 9.59 Å². The van der Waals surface area contributed by atoms with Crippen LogP contribution in [0.4, 0.5) is 10.8 Å². The van der Waals surface area contributed by atoms with E-state index in [4.69, 9.17) is 4.74 Å². The summed E-state index contributed by atoms with van der Waals surface area (Å²) in [5.41, 5.74) is 1.33. The van der Waals surface area contributed by atoms with Gasteiger partial charge in [0.05, 0.1) is 11.4 Å². The molecule has 6 nitrogen and oxygen atoms in total. The fourth-order valence-electron chi connectivity index (χ4n) is 1.78. The quantitative estimate of drug-likeness (QED) is 0.765. The topological polar surface area (TPSA) is 68.7 Å². The largest absolute Gasteiger partial charge is 0.457 e. The predicted octanol–water partition coefficient (Wildman–Crippen LogP) is 2.52. The predicted molar refractivity (Wildman–Crippen MR) is 83.0 cm³/mol. The minimum absolute atomic E-state index is 0.0548. The number of ether oxygens (including phenoxy) is 2. The molecule has 0 N–H and O–H groups in total. The number of aromatic nitrogens is 1. The molecule has 22 heavy (non-hydrogen) atoms. The summed E-state index contributed by atoms with van der Waals surface area (Å²) < 4.78 is 9.68. The molecule has 0 atom stereocenters. The number of esters is 1. The number of para-hydroxylation sites is 1. The average molecular weight is 320 g/mol. The Bertz CT molecular complexity index is 642. The van der Waals surface area contributed by atoms with Gasteiger partial charge in [-0.1, -0.05) is 18.2 Å². The maximum Gasteiger partial charge on any atom is 0.332 e. The molecule has 7 heteroatoms. The highest BCUT2D eigenvalue weighted by atomic mass is 32.1. The number of rotatable bonds is 6. The lowest BCUT2D eigenvalue weighted by molar-refractivity contribution is -0.149. The number of anilines is 2. The Balaban J connectivity index is 2.11. The van der Waals surface area contributed by atoms with Gasteiger partial charge < -0.3 is 9.47 Å². The van der Waals surface area contributed by atoms with Crippen LogP contribution in [0, 0.1) is 0 Å². The summed E-state index contributed by atoms with van der Waals surface area (Å²) in [4.78, 5) is 29.0. The van der Waals surface area contributed by atoms with Crippen LogP contribution in [0.5, 0.6) is 0 Å². The molecule has 0 bridgehead atoms. The summed E-state index contributed by atoms with van der Waals surface area (Å²) in [7, 11) is 1.42. The highest BCUT2D eigenvalue weighted by molar-refractivity contribution is 7.14. The lowest BCUT2D eigenvalue weighted by atomic mass is 10.3. The first-order valence-electron chi connectivity index (χ1n) is 6.56. The van der Waals surface area contributed by atoms with E-state index in [1.165, 1.54) is 30.3 Å². The molecule has 1 amide bonds. The number of carbonyl (C=O) groups excluding carboxylic acids is 2. The highest BCUT2D eigenvalue weighted by Crippen LogP contribution is 2.28. The monoisotopic (exact) mass is 320 g/mol. The van der Waals surface area contributed by atoms with E-state index in [1.54, 1.807) is 5.38 Å². The van der Waals surface area contributed by atoms with Crippen LogP contribution < -0.4 is 4.90 Å². The van der Waals surface area contributed by atoms with E-state index in [-0.39, 0.29) is 19.1 Å². The second kappa shape index (κ2) is 7.67. The van der Waals surface area contributed by atoms with Gasteiger partial charge in [-0.25, -0.2) is 9.78 Å². The third-order valence-corrected chi connectivity index (χ3v) is 3.58. The molecule has 0 aliphatic heterocycles. The summed E-state index contributed by atoms with van der Waals surface area (Å²) in [6.45, 7) is 1.44. The standard InChI is InChI=1S/C15H16N2O4S/c1-11(18)17(13-6-4-3-5-7-13)15-16-12(10-22-15)8-21-14(19)9-20-2/h3-7,10H,8-9H2,1-2H3. The lowest BCUT2D eigenvalue weighted by Gasteiger charge is -2.17. The normalized spacial score (nSPS) is 10.3. The Morgan fingerprint density at radius 3 is 2.64 bits per heavy atom. The van der Waals surface area contributed by atoms with E-state index in [0.29, 0.717) is 10.8 Å². The number of hydrogen-bond donors (Lipinski definition) is 0. The first-order chi connectivity index (χ1) is 10.6. The minimum Gasteiger partial charge on any atom is -0.457 e. The number of benzene rings is 1. The van der Waals surface area contributed by atoms with Gasteiger partial charge >= 0.3 is 5.97 Å². The first-order valence-corrected chi connectivity index (χ1v) is 7.44. The molecule has 116 valence electrons. The molecule has 0 saturated carbocycles. The van der Waals surface area contributed by atoms with Crippen molar-refractivity contribution in [2.24, 2.45) is 0 Å². The number of carbonyl (C=O) groups is 2. The summed E-state index contributed by atoms with van der Waals surface area (Å²) >= 11 is 1.32. The molecule has 1 heterocycles. The van der Waals surface area contributed by atoms with Gasteiger partial charge in [-0.2, -0.15) is 0 Å². The zero-order valence-electron chi connectivity index (χ0n) is 12.3. The highest BCUT2D eigenvalue weighted by Gasteiger charge is 2.18. The molecule has 1 aromatic heterocycles. The van der Waals surface area contributed by atoms with E-state index < -0.39 is 5.97 Å². The van der Waals surface area contributed by atoms with Crippen LogP contribution in [0.3, 0.4) is 0 Å². The van der Waals surface area contributed by atoms with Crippen LogP contribution in [0.15, 0.2) is 35.7 Å². The molecule has 2 rings (SSSR count). The Labute approximate surface area is 132 Å². The van der Waals surface area contributed by atoms with E-state index in [0.717, 1.165) is 5.69 Å². The van der Waals surface area contributed by atoms with E-state index in [1.807, 2.05) is 30.3 Å². The maximum absolute atomic E-state index is 11.9. The molecular formula is C15H16N2O4S. The molecule has 0 aliphatic rings. The van der Waals surface area contributed by atoms with Crippen LogP contribution in [0.25, 0.3) is 0 Å². The van der Waals surface area contributed by atoms with Crippen molar-refractivity contribution in [1.82, 2.24) is 4.98 Å². The van der Waals surface area contributed by atoms with Crippen molar-refractivity contribution in [1.29, 1.82) is 0 Å². The van der Waals surface area contributed by atoms with Gasteiger partial charge in [-0.05, 0) is 12.1 Å². The van der Waals surface area contributed by atoms with Gasteiger partial charge in [0.2, 0.25) is 5.91 Å². The summed E-state index contributed by atoms with van der Waals surface area (Å²) in [6, 6.07) is 9.26. The van der Waals surface area contributed by atoms with Gasteiger partial charge in [0.25, 0.3) is 0 Å². The molecule has 0 spiro atoms. The van der Waals surface area contributed by atoms with Crippen molar-refractivity contribution >= 4 is 34.0 Å². The number of nitrogens with zero attached hydrogens (tertiary/aromatic N) is 2. The van der Waals surface area contributed by atoms with E-state index >= 15 is 0 Å². The van der Waals surface area contributed by atoms with Gasteiger partial charge in [0, 0.05) is 19.4 Å². The van der Waals surface area contributed by atoms with Crippen molar-refractivity contribution in [2.45, 2.75) is 13.5 Å². The van der Waals surface area contributed by atoms with Gasteiger partial charge in [0.1, 0.15) is 13.2 Å². The number of amides is 1. The molecule has 0 aliphatic carbocycles. The zero-order valence-corrected chi connectivity index (χ0v) is 13.1. The Hall–Kier alpha value is -2.25. The van der Waals surface area contributed by atoms with Crippen molar-refractivity contribution in [3.05, 3.63) is 41.4 Å². The fourth-order valence-corrected chi connectivity index (χ4v) is 2.65. The molecule has 1 aromatic carbocycles. The number of methoxy groups -OCH3 is 1. The van der Waals surface area contributed by atoms with Crippen LogP contribution in [0.1, 0.15) is 12.6 Å². The fraction of sp³-hybridized carbons (Fsp3) is 0.267. The third-order valence-electron chi connectivity index (χ3n) is 2.70. The van der Waals surface area contributed by atoms with Crippen molar-refractivity contribution in [3.8, 4) is 0 Å². The molecule has 2 aromatic rings. The first kappa shape index (κ1) is 16.1. The van der Waals surface area contributed by atoms with Crippen LogP contribution in [-0.2, 0) is 25.7 Å². The molecule has 0 radical (unpaired) electrons. The minimum atomic E-state index is -0.455. The smallest absolute Gasteiger partial charge is 0.332 e. The van der Waals surface area contributed by atoms with Crippen LogP contribution >= 0.6 is 11.3 Å². The Morgan fingerprint density at radius 1 is 1.27 bits per heavy atom. The van der Waals surface area contributed by atoms with Gasteiger partial charge in [-0.15, -0.1) is 11.3 Å². The summed E-state index contributed by atoms with van der Waals surface area (Å²) in [5, 5.41) is 2.30. The van der Waals surface area contributed by atoms with Gasteiger partial charge in [0.15, 0.2) is 5.13 Å². The molecule has 0 saturated heterocycles. The summed E-state index contributed by atoms with van der Waals surface area (Å²) in [6.07, 6.45) is 0. The molecule has 0 unspecified atom stereocenters. The second-order valence-corrected chi connectivity index (χ2v) is 5.24. The average Bonchev–Trinajstić information content (AvgIpc) is 2.95. The summed E-state index contributed by atoms with van der Waals surface area (Å²) in [5.74, 6) is -0.591. The molecule has 0 fully saturated rings. The Kier molecular flexibility index (Phi) is 5.62. The Morgan fingerprint density at radius 2 is 2.00 bits per heavy atom. The van der Waals surface area contributed by atoms with Crippen molar-refractivity contribution < 1.29 is 19.1 Å². The van der Waals surface area contributed by atoms with Crippen LogP contribution in [-0.4, -0.2) is 30.6 Å². The number of thiazole rings is 1. The van der Waals surface area contributed by atoms with Crippen LogP contribution in [0.2, 0.25) is 0 Å². The van der Waals surface area contributed by atoms with Crippen molar-refractivity contribution in [2.75, 3.05) is 18.6 Å². The SMILES string of the molecule is COCC(=O)OCc1csc(N(C(C)=O)c2ccccc2)n1.